The van der Waals surface area contributed by atoms with Crippen molar-refractivity contribution in [3.05, 3.63) is 22.2 Å². The van der Waals surface area contributed by atoms with Gasteiger partial charge in [0.15, 0.2) is 0 Å². The topological polar surface area (TPSA) is 82.0 Å². The number of hydrogen-bond acceptors (Lipinski definition) is 5. The molecule has 0 saturated carbocycles. The lowest BCUT2D eigenvalue weighted by Crippen LogP contribution is -2.31. The monoisotopic (exact) mass is 248 g/mol. The second-order valence-corrected chi connectivity index (χ2v) is 4.51. The Morgan fingerprint density at radius 2 is 2.33 bits per heavy atom. The Morgan fingerprint density at radius 1 is 1.61 bits per heavy atom. The number of aromatic nitrogens is 2. The van der Waals surface area contributed by atoms with Crippen molar-refractivity contribution in [2.75, 3.05) is 31.7 Å². The average molecular weight is 248 g/mol. The van der Waals surface area contributed by atoms with Crippen LogP contribution in [0.1, 0.15) is 18.5 Å². The number of aromatic amines is 1. The molecular weight excluding hydrogens is 232 g/mol. The Kier molecular flexibility index (Phi) is 3.95. The Balaban J connectivity index is 2.08. The molecule has 0 aromatic carbocycles. The van der Waals surface area contributed by atoms with Gasteiger partial charge in [-0.05, 0) is 18.8 Å². The molecule has 1 aliphatic rings. The van der Waals surface area contributed by atoms with Gasteiger partial charge in [0.2, 0.25) is 0 Å². The van der Waals surface area contributed by atoms with Crippen molar-refractivity contribution in [2.45, 2.75) is 12.8 Å². The number of H-pyrrole nitrogens is 1. The first-order valence-corrected chi connectivity index (χ1v) is 5.99. The van der Waals surface area contributed by atoms with E-state index in [2.05, 4.69) is 9.97 Å². The standard InChI is InChI=1S/C12H16N4O2/c1-16(8-9-2-4-18-5-3-9)11-6-10(7-13)14-12(17)15-11/h6,9H,2-5,8H2,1H3,(H,14,15,17). The number of hydrogen-bond donors (Lipinski definition) is 1. The molecule has 6 nitrogen and oxygen atoms in total. The normalized spacial score (nSPS) is 16.2. The molecule has 1 aliphatic heterocycles. The fraction of sp³-hybridized carbons (Fsp3) is 0.583. The summed E-state index contributed by atoms with van der Waals surface area (Å²) in [4.78, 5) is 19.5. The number of anilines is 1. The van der Waals surface area contributed by atoms with Gasteiger partial charge >= 0.3 is 5.69 Å². The molecule has 0 radical (unpaired) electrons. The molecule has 96 valence electrons. The zero-order valence-corrected chi connectivity index (χ0v) is 10.3. The Labute approximate surface area is 105 Å². The molecule has 0 atom stereocenters. The van der Waals surface area contributed by atoms with Crippen LogP contribution in [0.3, 0.4) is 0 Å². The fourth-order valence-electron chi connectivity index (χ4n) is 2.11. The summed E-state index contributed by atoms with van der Waals surface area (Å²) in [6.07, 6.45) is 2.05. The highest BCUT2D eigenvalue weighted by Gasteiger charge is 2.17. The molecule has 2 rings (SSSR count). The van der Waals surface area contributed by atoms with Crippen LogP contribution in [0.2, 0.25) is 0 Å². The summed E-state index contributed by atoms with van der Waals surface area (Å²) >= 11 is 0. The molecular formula is C12H16N4O2. The van der Waals surface area contributed by atoms with E-state index in [-0.39, 0.29) is 5.69 Å². The van der Waals surface area contributed by atoms with Crippen LogP contribution in [0.25, 0.3) is 0 Å². The summed E-state index contributed by atoms with van der Waals surface area (Å²) in [5.74, 6) is 1.09. The predicted octanol–water partition coefficient (Wildman–Crippen LogP) is 0.504. The highest BCUT2D eigenvalue weighted by Crippen LogP contribution is 2.18. The number of nitriles is 1. The molecule has 6 heteroatoms. The Bertz CT molecular complexity index is 500. The maximum atomic E-state index is 11.3. The molecule has 0 amide bonds. The van der Waals surface area contributed by atoms with Crippen LogP contribution < -0.4 is 10.6 Å². The molecule has 0 unspecified atom stereocenters. The molecule has 1 saturated heterocycles. The van der Waals surface area contributed by atoms with E-state index in [0.717, 1.165) is 32.6 Å². The van der Waals surface area contributed by atoms with Crippen LogP contribution in [-0.2, 0) is 4.74 Å². The summed E-state index contributed by atoms with van der Waals surface area (Å²) in [5, 5.41) is 8.81. The van der Waals surface area contributed by atoms with E-state index in [1.54, 1.807) is 6.07 Å². The quantitative estimate of drug-likeness (QED) is 0.842. The molecule has 18 heavy (non-hydrogen) atoms. The van der Waals surface area contributed by atoms with Crippen LogP contribution >= 0.6 is 0 Å². The maximum Gasteiger partial charge on any atom is 0.347 e. The van der Waals surface area contributed by atoms with Gasteiger partial charge in [-0.3, -0.25) is 4.98 Å². The Hall–Kier alpha value is -1.87. The summed E-state index contributed by atoms with van der Waals surface area (Å²) in [5.41, 5.74) is -0.244. The third-order valence-electron chi connectivity index (χ3n) is 3.12. The van der Waals surface area contributed by atoms with Crippen LogP contribution in [0.4, 0.5) is 5.82 Å². The van der Waals surface area contributed by atoms with Gasteiger partial charge in [-0.2, -0.15) is 10.2 Å². The van der Waals surface area contributed by atoms with Gasteiger partial charge in [0.1, 0.15) is 17.6 Å². The van der Waals surface area contributed by atoms with Crippen LogP contribution in [0.15, 0.2) is 10.9 Å². The second kappa shape index (κ2) is 5.65. The SMILES string of the molecule is CN(CC1CCOCC1)c1cc(C#N)[nH]c(=O)n1. The first-order chi connectivity index (χ1) is 8.69. The van der Waals surface area contributed by atoms with Gasteiger partial charge in [0.25, 0.3) is 0 Å². The smallest absolute Gasteiger partial charge is 0.347 e. The molecule has 1 aromatic rings. The van der Waals surface area contributed by atoms with Gasteiger partial charge < -0.3 is 9.64 Å². The van der Waals surface area contributed by atoms with Gasteiger partial charge in [-0.25, -0.2) is 4.79 Å². The lowest BCUT2D eigenvalue weighted by Gasteiger charge is -2.27. The lowest BCUT2D eigenvalue weighted by molar-refractivity contribution is 0.0685. The maximum absolute atomic E-state index is 11.3. The van der Waals surface area contributed by atoms with Crippen molar-refractivity contribution in [1.82, 2.24) is 9.97 Å². The fourth-order valence-corrected chi connectivity index (χ4v) is 2.11. The first kappa shape index (κ1) is 12.6. The van der Waals surface area contributed by atoms with Crippen molar-refractivity contribution >= 4 is 5.82 Å². The molecule has 2 heterocycles. The summed E-state index contributed by atoms with van der Waals surface area (Å²) < 4.78 is 5.31. The largest absolute Gasteiger partial charge is 0.381 e. The van der Waals surface area contributed by atoms with Crippen molar-refractivity contribution in [2.24, 2.45) is 5.92 Å². The highest BCUT2D eigenvalue weighted by molar-refractivity contribution is 5.41. The van der Waals surface area contributed by atoms with Crippen LogP contribution in [-0.4, -0.2) is 36.8 Å². The highest BCUT2D eigenvalue weighted by atomic mass is 16.5. The van der Waals surface area contributed by atoms with Gasteiger partial charge in [0.05, 0.1) is 0 Å². The minimum Gasteiger partial charge on any atom is -0.381 e. The van der Waals surface area contributed by atoms with Crippen molar-refractivity contribution in [3.8, 4) is 6.07 Å². The molecule has 0 aliphatic carbocycles. The second-order valence-electron chi connectivity index (χ2n) is 4.51. The molecule has 1 N–H and O–H groups in total. The Morgan fingerprint density at radius 3 is 3.00 bits per heavy atom. The minimum absolute atomic E-state index is 0.240. The number of ether oxygens (including phenoxy) is 1. The van der Waals surface area contributed by atoms with E-state index in [1.807, 2.05) is 18.0 Å². The zero-order valence-electron chi connectivity index (χ0n) is 10.3. The average Bonchev–Trinajstić information content (AvgIpc) is 2.39. The third-order valence-corrected chi connectivity index (χ3v) is 3.12. The first-order valence-electron chi connectivity index (χ1n) is 5.99. The molecule has 1 fully saturated rings. The van der Waals surface area contributed by atoms with Crippen LogP contribution in [0.5, 0.6) is 0 Å². The summed E-state index contributed by atoms with van der Waals surface area (Å²) in [6, 6.07) is 3.52. The number of rotatable bonds is 3. The van der Waals surface area contributed by atoms with E-state index in [0.29, 0.717) is 11.7 Å². The van der Waals surface area contributed by atoms with Gasteiger partial charge in [-0.1, -0.05) is 0 Å². The summed E-state index contributed by atoms with van der Waals surface area (Å²) in [7, 11) is 1.89. The van der Waals surface area contributed by atoms with Gasteiger partial charge in [-0.15, -0.1) is 0 Å². The van der Waals surface area contributed by atoms with Crippen molar-refractivity contribution in [1.29, 1.82) is 5.26 Å². The number of nitrogens with one attached hydrogen (secondary N) is 1. The zero-order chi connectivity index (χ0) is 13.0. The summed E-state index contributed by atoms with van der Waals surface area (Å²) in [6.45, 7) is 2.42. The van der Waals surface area contributed by atoms with Crippen molar-refractivity contribution < 1.29 is 4.74 Å². The van der Waals surface area contributed by atoms with Crippen LogP contribution in [0, 0.1) is 17.2 Å². The lowest BCUT2D eigenvalue weighted by atomic mass is 10.00. The number of nitrogens with zero attached hydrogens (tertiary/aromatic N) is 3. The van der Waals surface area contributed by atoms with Crippen molar-refractivity contribution in [3.63, 3.8) is 0 Å². The third kappa shape index (κ3) is 3.08. The van der Waals surface area contributed by atoms with Gasteiger partial charge in [0, 0.05) is 32.9 Å². The van der Waals surface area contributed by atoms with E-state index >= 15 is 0 Å². The molecule has 0 spiro atoms. The molecule has 0 bridgehead atoms. The molecule has 1 aromatic heterocycles. The predicted molar refractivity (Wildman–Crippen MR) is 66.4 cm³/mol. The minimum atomic E-state index is -0.483. The van der Waals surface area contributed by atoms with E-state index in [1.165, 1.54) is 0 Å². The van der Waals surface area contributed by atoms with E-state index in [4.69, 9.17) is 10.00 Å². The van der Waals surface area contributed by atoms with E-state index in [9.17, 15) is 4.79 Å². The van der Waals surface area contributed by atoms with E-state index < -0.39 is 5.69 Å².